The molecule has 0 unspecified atom stereocenters. The number of aromatic nitrogens is 6. The first kappa shape index (κ1) is 13.6. The Labute approximate surface area is 131 Å². The van der Waals surface area contributed by atoms with E-state index in [-0.39, 0.29) is 0 Å². The minimum absolute atomic E-state index is 0.477. The van der Waals surface area contributed by atoms with Crippen molar-refractivity contribution in [3.63, 3.8) is 0 Å². The van der Waals surface area contributed by atoms with Crippen molar-refractivity contribution in [3.05, 3.63) is 41.9 Å². The fourth-order valence-electron chi connectivity index (χ4n) is 2.63. The van der Waals surface area contributed by atoms with Crippen LogP contribution in [0, 0.1) is 13.8 Å². The Morgan fingerprint density at radius 1 is 1.04 bits per heavy atom. The fraction of sp³-hybridized carbons (Fsp3) is 0.267. The third-order valence-electron chi connectivity index (χ3n) is 3.70. The Hall–Kier alpha value is -3.03. The second-order valence-corrected chi connectivity index (χ2v) is 5.42. The van der Waals surface area contributed by atoms with E-state index in [1.165, 1.54) is 0 Å². The van der Waals surface area contributed by atoms with Gasteiger partial charge in [0.1, 0.15) is 0 Å². The SMILES string of the molecule is Cc1nnc(CN(C)c2nn3c(C)nnc3c3ccccc23)o1. The van der Waals surface area contributed by atoms with Crippen LogP contribution in [0.15, 0.2) is 28.7 Å². The van der Waals surface area contributed by atoms with E-state index in [0.717, 1.165) is 28.1 Å². The van der Waals surface area contributed by atoms with Gasteiger partial charge in [-0.25, -0.2) is 0 Å². The molecule has 23 heavy (non-hydrogen) atoms. The summed E-state index contributed by atoms with van der Waals surface area (Å²) in [7, 11) is 1.94. The molecule has 0 radical (unpaired) electrons. The fourth-order valence-corrected chi connectivity index (χ4v) is 2.63. The van der Waals surface area contributed by atoms with Crippen LogP contribution in [0.1, 0.15) is 17.6 Å². The monoisotopic (exact) mass is 309 g/mol. The van der Waals surface area contributed by atoms with Gasteiger partial charge in [0.15, 0.2) is 17.3 Å². The minimum atomic E-state index is 0.477. The molecule has 0 saturated carbocycles. The zero-order chi connectivity index (χ0) is 16.0. The minimum Gasteiger partial charge on any atom is -0.424 e. The summed E-state index contributed by atoms with van der Waals surface area (Å²) in [5.41, 5.74) is 0.754. The lowest BCUT2D eigenvalue weighted by atomic mass is 10.1. The summed E-state index contributed by atoms with van der Waals surface area (Å²) in [5, 5.41) is 23.0. The normalized spacial score (nSPS) is 11.4. The summed E-state index contributed by atoms with van der Waals surface area (Å²) >= 11 is 0. The highest BCUT2D eigenvalue weighted by Gasteiger charge is 2.16. The number of nitrogens with zero attached hydrogens (tertiary/aromatic N) is 7. The van der Waals surface area contributed by atoms with Gasteiger partial charge in [-0.05, 0) is 6.92 Å². The van der Waals surface area contributed by atoms with E-state index in [0.29, 0.717) is 18.3 Å². The molecule has 0 aliphatic rings. The summed E-state index contributed by atoms with van der Waals surface area (Å²) < 4.78 is 7.22. The van der Waals surface area contributed by atoms with Gasteiger partial charge in [-0.15, -0.1) is 25.5 Å². The van der Waals surface area contributed by atoms with Crippen molar-refractivity contribution in [2.75, 3.05) is 11.9 Å². The van der Waals surface area contributed by atoms with E-state index >= 15 is 0 Å². The lowest BCUT2D eigenvalue weighted by Gasteiger charge is -2.18. The van der Waals surface area contributed by atoms with Gasteiger partial charge in [-0.3, -0.25) is 0 Å². The summed E-state index contributed by atoms with van der Waals surface area (Å²) in [6.07, 6.45) is 0. The van der Waals surface area contributed by atoms with Gasteiger partial charge < -0.3 is 9.32 Å². The van der Waals surface area contributed by atoms with Crippen molar-refractivity contribution in [3.8, 4) is 0 Å². The second-order valence-electron chi connectivity index (χ2n) is 5.42. The molecule has 3 heterocycles. The number of rotatable bonds is 3. The standard InChI is InChI=1S/C15H15N7O/c1-9-16-19-14-11-6-4-5-7-12(11)15(20-22(9)14)21(3)8-13-18-17-10(2)23-13/h4-7H,8H2,1-3H3. The van der Waals surface area contributed by atoms with E-state index < -0.39 is 0 Å². The molecule has 0 saturated heterocycles. The van der Waals surface area contributed by atoms with Crippen LogP contribution in [0.5, 0.6) is 0 Å². The molecule has 8 nitrogen and oxygen atoms in total. The van der Waals surface area contributed by atoms with Crippen LogP contribution in [-0.4, -0.2) is 37.1 Å². The molecule has 116 valence electrons. The summed E-state index contributed by atoms with van der Waals surface area (Å²) in [4.78, 5) is 1.98. The van der Waals surface area contributed by atoms with Crippen molar-refractivity contribution < 1.29 is 4.42 Å². The maximum Gasteiger partial charge on any atom is 0.235 e. The molecule has 0 N–H and O–H groups in total. The average molecular weight is 309 g/mol. The van der Waals surface area contributed by atoms with Crippen LogP contribution >= 0.6 is 0 Å². The van der Waals surface area contributed by atoms with Gasteiger partial charge in [-0.1, -0.05) is 24.3 Å². The van der Waals surface area contributed by atoms with E-state index in [4.69, 9.17) is 9.52 Å². The molecule has 1 aromatic carbocycles. The number of hydrogen-bond acceptors (Lipinski definition) is 7. The van der Waals surface area contributed by atoms with Crippen LogP contribution in [0.2, 0.25) is 0 Å². The lowest BCUT2D eigenvalue weighted by molar-refractivity contribution is 0.465. The van der Waals surface area contributed by atoms with Crippen LogP contribution in [0.4, 0.5) is 5.82 Å². The van der Waals surface area contributed by atoms with Gasteiger partial charge in [0.05, 0.1) is 6.54 Å². The van der Waals surface area contributed by atoms with Crippen LogP contribution in [0.25, 0.3) is 16.4 Å². The first-order valence-electron chi connectivity index (χ1n) is 7.24. The third kappa shape index (κ3) is 2.19. The molecule has 0 amide bonds. The van der Waals surface area contributed by atoms with E-state index in [1.54, 1.807) is 11.4 Å². The zero-order valence-electron chi connectivity index (χ0n) is 13.1. The van der Waals surface area contributed by atoms with E-state index in [1.807, 2.05) is 43.1 Å². The summed E-state index contributed by atoms with van der Waals surface area (Å²) in [6.45, 7) is 4.13. The van der Waals surface area contributed by atoms with Crippen molar-refractivity contribution in [2.45, 2.75) is 20.4 Å². The van der Waals surface area contributed by atoms with Crippen molar-refractivity contribution >= 4 is 22.2 Å². The topological polar surface area (TPSA) is 85.2 Å². The van der Waals surface area contributed by atoms with Crippen LogP contribution in [-0.2, 0) is 6.54 Å². The van der Waals surface area contributed by atoms with Crippen molar-refractivity contribution in [1.82, 2.24) is 30.0 Å². The molecule has 3 aromatic heterocycles. The molecule has 4 rings (SSSR count). The van der Waals surface area contributed by atoms with Crippen molar-refractivity contribution in [2.24, 2.45) is 0 Å². The Morgan fingerprint density at radius 3 is 2.57 bits per heavy atom. The quantitative estimate of drug-likeness (QED) is 0.571. The highest BCUT2D eigenvalue weighted by Crippen LogP contribution is 2.27. The number of fused-ring (bicyclic) bond motifs is 3. The maximum absolute atomic E-state index is 5.46. The second kappa shape index (κ2) is 5.01. The Kier molecular flexibility index (Phi) is 2.97. The zero-order valence-corrected chi connectivity index (χ0v) is 13.1. The number of anilines is 1. The predicted octanol–water partition coefficient (Wildman–Crippen LogP) is 1.91. The Morgan fingerprint density at radius 2 is 1.83 bits per heavy atom. The Balaban J connectivity index is 1.88. The maximum atomic E-state index is 5.46. The van der Waals surface area contributed by atoms with Crippen molar-refractivity contribution in [1.29, 1.82) is 0 Å². The molecular formula is C15H15N7O. The number of aryl methyl sites for hydroxylation is 2. The van der Waals surface area contributed by atoms with Gasteiger partial charge in [0.25, 0.3) is 0 Å². The molecule has 0 fully saturated rings. The molecule has 0 spiro atoms. The molecule has 0 aliphatic carbocycles. The predicted molar refractivity (Wildman–Crippen MR) is 84.2 cm³/mol. The van der Waals surface area contributed by atoms with Gasteiger partial charge in [-0.2, -0.15) is 4.52 Å². The lowest BCUT2D eigenvalue weighted by Crippen LogP contribution is -2.19. The highest BCUT2D eigenvalue weighted by atomic mass is 16.4. The molecule has 8 heteroatoms. The average Bonchev–Trinajstić information content (AvgIpc) is 3.13. The smallest absolute Gasteiger partial charge is 0.235 e. The molecular weight excluding hydrogens is 294 g/mol. The Bertz CT molecular complexity index is 1000. The summed E-state index contributed by atoms with van der Waals surface area (Å²) in [6, 6.07) is 8.02. The number of hydrogen-bond donors (Lipinski definition) is 0. The van der Waals surface area contributed by atoms with Gasteiger partial charge in [0.2, 0.25) is 11.8 Å². The highest BCUT2D eigenvalue weighted by molar-refractivity contribution is 6.00. The van der Waals surface area contributed by atoms with Crippen LogP contribution in [0.3, 0.4) is 0 Å². The summed E-state index contributed by atoms with van der Waals surface area (Å²) in [5.74, 6) is 2.66. The van der Waals surface area contributed by atoms with E-state index in [9.17, 15) is 0 Å². The molecule has 0 bridgehead atoms. The van der Waals surface area contributed by atoms with Gasteiger partial charge in [0, 0.05) is 24.7 Å². The third-order valence-corrected chi connectivity index (χ3v) is 3.70. The first-order valence-corrected chi connectivity index (χ1v) is 7.24. The number of benzene rings is 1. The molecule has 0 aliphatic heterocycles. The first-order chi connectivity index (χ1) is 11.1. The van der Waals surface area contributed by atoms with Gasteiger partial charge >= 0.3 is 0 Å². The van der Waals surface area contributed by atoms with Crippen LogP contribution < -0.4 is 4.90 Å². The molecule has 0 atom stereocenters. The largest absolute Gasteiger partial charge is 0.424 e. The molecule has 4 aromatic rings. The van der Waals surface area contributed by atoms with E-state index in [2.05, 4.69) is 20.4 Å².